The summed E-state index contributed by atoms with van der Waals surface area (Å²) in [6.45, 7) is 4.39. The minimum atomic E-state index is 0.541. The van der Waals surface area contributed by atoms with Crippen molar-refractivity contribution in [1.82, 2.24) is 4.90 Å². The Kier molecular flexibility index (Phi) is 3.78. The third-order valence-corrected chi connectivity index (χ3v) is 4.12. The number of thioether (sulfide) groups is 1. The van der Waals surface area contributed by atoms with Gasteiger partial charge in [-0.05, 0) is 18.8 Å². The summed E-state index contributed by atoms with van der Waals surface area (Å²) in [6.07, 6.45) is 3.85. The van der Waals surface area contributed by atoms with Gasteiger partial charge in [0.25, 0.3) is 0 Å². The van der Waals surface area contributed by atoms with Crippen molar-refractivity contribution in [1.29, 1.82) is 0 Å². The van der Waals surface area contributed by atoms with Crippen LogP contribution in [-0.2, 0) is 0 Å². The highest BCUT2D eigenvalue weighted by Crippen LogP contribution is 2.37. The lowest BCUT2D eigenvalue weighted by Gasteiger charge is -2.27. The number of guanidine groups is 1. The van der Waals surface area contributed by atoms with E-state index >= 15 is 0 Å². The van der Waals surface area contributed by atoms with Gasteiger partial charge in [0.05, 0.1) is 6.04 Å². The monoisotopic (exact) mass is 227 g/mol. The van der Waals surface area contributed by atoms with Crippen LogP contribution < -0.4 is 5.73 Å². The summed E-state index contributed by atoms with van der Waals surface area (Å²) in [6, 6.07) is 0.541. The molecule has 0 radical (unpaired) electrons. The molecule has 2 N–H and O–H groups in total. The van der Waals surface area contributed by atoms with E-state index in [-0.39, 0.29) is 0 Å². The molecule has 0 bridgehead atoms. The molecule has 0 aromatic carbocycles. The molecule has 0 aromatic heterocycles. The molecule has 86 valence electrons. The minimum Gasteiger partial charge on any atom is -0.370 e. The van der Waals surface area contributed by atoms with Gasteiger partial charge in [0.2, 0.25) is 0 Å². The van der Waals surface area contributed by atoms with E-state index in [1.54, 1.807) is 0 Å². The fraction of sp³-hybridized carbons (Fsp3) is 0.909. The first-order valence-corrected chi connectivity index (χ1v) is 7.12. The first-order valence-electron chi connectivity index (χ1n) is 5.97. The largest absolute Gasteiger partial charge is 0.370 e. The Bertz CT molecular complexity index is 236. The van der Waals surface area contributed by atoms with Crippen LogP contribution in [0.4, 0.5) is 0 Å². The van der Waals surface area contributed by atoms with Crippen molar-refractivity contribution in [3.05, 3.63) is 0 Å². The maximum absolute atomic E-state index is 6.01. The number of nitrogens with zero attached hydrogens (tertiary/aromatic N) is 2. The van der Waals surface area contributed by atoms with Crippen LogP contribution in [0.25, 0.3) is 0 Å². The molecule has 4 heteroatoms. The molecule has 2 rings (SSSR count). The Balaban J connectivity index is 1.79. The zero-order valence-corrected chi connectivity index (χ0v) is 10.3. The highest BCUT2D eigenvalue weighted by atomic mass is 32.2. The molecule has 2 aliphatic rings. The van der Waals surface area contributed by atoms with Crippen molar-refractivity contribution < 1.29 is 0 Å². The Labute approximate surface area is 96.5 Å². The Morgan fingerprint density at radius 3 is 2.87 bits per heavy atom. The molecule has 2 unspecified atom stereocenters. The predicted molar refractivity (Wildman–Crippen MR) is 67.3 cm³/mol. The van der Waals surface area contributed by atoms with Crippen LogP contribution in [0.3, 0.4) is 0 Å². The predicted octanol–water partition coefficient (Wildman–Crippen LogP) is 1.54. The van der Waals surface area contributed by atoms with Crippen molar-refractivity contribution in [3.63, 3.8) is 0 Å². The Hall–Kier alpha value is -0.380. The number of aliphatic imine (C=N–C) groups is 1. The zero-order valence-electron chi connectivity index (χ0n) is 9.48. The molecule has 0 aromatic rings. The van der Waals surface area contributed by atoms with Gasteiger partial charge in [-0.25, -0.2) is 4.99 Å². The minimum absolute atomic E-state index is 0.541. The summed E-state index contributed by atoms with van der Waals surface area (Å²) in [5.41, 5.74) is 6.01. The lowest BCUT2D eigenvalue weighted by atomic mass is 10.2. The second-order valence-electron chi connectivity index (χ2n) is 4.44. The van der Waals surface area contributed by atoms with E-state index < -0.39 is 0 Å². The van der Waals surface area contributed by atoms with Crippen molar-refractivity contribution in [2.24, 2.45) is 16.6 Å². The summed E-state index contributed by atoms with van der Waals surface area (Å²) >= 11 is 2.01. The van der Waals surface area contributed by atoms with Crippen molar-refractivity contribution in [2.75, 3.05) is 24.6 Å². The Morgan fingerprint density at radius 1 is 1.47 bits per heavy atom. The average molecular weight is 227 g/mol. The summed E-state index contributed by atoms with van der Waals surface area (Å²) in [7, 11) is 0. The van der Waals surface area contributed by atoms with Crippen LogP contribution in [0.2, 0.25) is 0 Å². The van der Waals surface area contributed by atoms with Gasteiger partial charge >= 0.3 is 0 Å². The quantitative estimate of drug-likeness (QED) is 0.587. The van der Waals surface area contributed by atoms with Crippen LogP contribution in [0.5, 0.6) is 0 Å². The molecule has 2 fully saturated rings. The number of rotatable bonds is 3. The van der Waals surface area contributed by atoms with Gasteiger partial charge in [0.1, 0.15) is 0 Å². The summed E-state index contributed by atoms with van der Waals surface area (Å²) in [5, 5.41) is 0. The summed E-state index contributed by atoms with van der Waals surface area (Å²) in [5.74, 6) is 4.00. The lowest BCUT2D eigenvalue weighted by Crippen LogP contribution is -2.42. The molecule has 1 aliphatic carbocycles. The van der Waals surface area contributed by atoms with E-state index in [0.29, 0.717) is 6.04 Å². The first-order chi connectivity index (χ1) is 7.31. The molecule has 0 amide bonds. The second kappa shape index (κ2) is 5.10. The maximum atomic E-state index is 6.01. The molecule has 1 saturated carbocycles. The molecule has 0 spiro atoms. The number of hydrogen-bond donors (Lipinski definition) is 1. The highest BCUT2D eigenvalue weighted by molar-refractivity contribution is 7.99. The maximum Gasteiger partial charge on any atom is 0.191 e. The van der Waals surface area contributed by atoms with E-state index in [9.17, 15) is 0 Å². The van der Waals surface area contributed by atoms with Crippen molar-refractivity contribution >= 4 is 17.7 Å². The third-order valence-electron chi connectivity index (χ3n) is 3.18. The van der Waals surface area contributed by atoms with Crippen molar-refractivity contribution in [3.8, 4) is 0 Å². The summed E-state index contributed by atoms with van der Waals surface area (Å²) < 4.78 is 0. The zero-order chi connectivity index (χ0) is 10.7. The highest BCUT2D eigenvalue weighted by Gasteiger charge is 2.36. The topological polar surface area (TPSA) is 41.6 Å². The van der Waals surface area contributed by atoms with E-state index in [4.69, 9.17) is 5.73 Å². The van der Waals surface area contributed by atoms with Gasteiger partial charge in [-0.1, -0.05) is 13.3 Å². The number of nitrogens with two attached hydrogens (primary N) is 1. The van der Waals surface area contributed by atoms with E-state index in [1.165, 1.54) is 30.8 Å². The Morgan fingerprint density at radius 2 is 2.20 bits per heavy atom. The van der Waals surface area contributed by atoms with Gasteiger partial charge < -0.3 is 10.6 Å². The van der Waals surface area contributed by atoms with Gasteiger partial charge in [-0.15, -0.1) is 0 Å². The molecule has 3 nitrogen and oxygen atoms in total. The van der Waals surface area contributed by atoms with Crippen LogP contribution in [-0.4, -0.2) is 41.5 Å². The van der Waals surface area contributed by atoms with Crippen LogP contribution in [0.1, 0.15) is 26.2 Å². The van der Waals surface area contributed by atoms with Crippen LogP contribution in [0.15, 0.2) is 4.99 Å². The van der Waals surface area contributed by atoms with E-state index in [0.717, 1.165) is 25.0 Å². The molecule has 1 aliphatic heterocycles. The van der Waals surface area contributed by atoms with Gasteiger partial charge in [0.15, 0.2) is 5.96 Å². The van der Waals surface area contributed by atoms with Gasteiger partial charge in [-0.2, -0.15) is 11.8 Å². The van der Waals surface area contributed by atoms with Crippen LogP contribution in [0, 0.1) is 5.92 Å². The van der Waals surface area contributed by atoms with Gasteiger partial charge in [-0.3, -0.25) is 0 Å². The van der Waals surface area contributed by atoms with Crippen molar-refractivity contribution in [2.45, 2.75) is 32.2 Å². The van der Waals surface area contributed by atoms with E-state index in [2.05, 4.69) is 16.8 Å². The molecule has 1 saturated heterocycles. The van der Waals surface area contributed by atoms with Gasteiger partial charge in [0, 0.05) is 24.6 Å². The molecular weight excluding hydrogens is 206 g/mol. The molecule has 1 heterocycles. The molecular formula is C11H21N3S. The normalized spacial score (nSPS) is 31.8. The smallest absolute Gasteiger partial charge is 0.191 e. The second-order valence-corrected chi connectivity index (χ2v) is 5.66. The fourth-order valence-electron chi connectivity index (χ4n) is 2.11. The standard InChI is InChI=1S/C11H21N3S/c1-2-3-9-8-10(9)13-11(12)14-4-6-15-7-5-14/h9-10H,2-8H2,1H3,(H2,12,13). The number of hydrogen-bond acceptors (Lipinski definition) is 2. The SMILES string of the molecule is CCCC1CC1N=C(N)N1CCSCC1. The molecule has 15 heavy (non-hydrogen) atoms. The van der Waals surface area contributed by atoms with E-state index in [1.807, 2.05) is 11.8 Å². The average Bonchev–Trinajstić information content (AvgIpc) is 2.98. The fourth-order valence-corrected chi connectivity index (χ4v) is 3.02. The lowest BCUT2D eigenvalue weighted by molar-refractivity contribution is 0.455. The first kappa shape index (κ1) is 11.1. The molecule has 2 atom stereocenters. The third kappa shape index (κ3) is 3.03. The summed E-state index contributed by atoms with van der Waals surface area (Å²) in [4.78, 5) is 6.86. The van der Waals surface area contributed by atoms with Crippen LogP contribution >= 0.6 is 11.8 Å².